The van der Waals surface area contributed by atoms with Crippen molar-refractivity contribution < 1.29 is 4.79 Å². The SMILES string of the molecule is Cc1cc(Br)ccc1CNC(=O)C(C)C(C)N.Cl. The summed E-state index contributed by atoms with van der Waals surface area (Å²) < 4.78 is 1.05. The van der Waals surface area contributed by atoms with E-state index in [4.69, 9.17) is 5.73 Å². The van der Waals surface area contributed by atoms with Crippen LogP contribution in [-0.4, -0.2) is 11.9 Å². The fraction of sp³-hybridized carbons (Fsp3) is 0.462. The van der Waals surface area contributed by atoms with Gasteiger partial charge in [0.1, 0.15) is 0 Å². The van der Waals surface area contributed by atoms with E-state index in [2.05, 4.69) is 21.2 Å². The molecule has 0 aliphatic carbocycles. The number of rotatable bonds is 4. The van der Waals surface area contributed by atoms with Crippen molar-refractivity contribution in [2.45, 2.75) is 33.4 Å². The summed E-state index contributed by atoms with van der Waals surface area (Å²) in [5.41, 5.74) is 7.97. The molecule has 18 heavy (non-hydrogen) atoms. The quantitative estimate of drug-likeness (QED) is 0.889. The molecule has 5 heteroatoms. The number of benzene rings is 1. The summed E-state index contributed by atoms with van der Waals surface area (Å²) in [5.74, 6) is -0.159. The molecule has 3 nitrogen and oxygen atoms in total. The Morgan fingerprint density at radius 2 is 2.06 bits per heavy atom. The Labute approximate surface area is 123 Å². The molecule has 0 fully saturated rings. The van der Waals surface area contributed by atoms with Crippen molar-refractivity contribution in [2.75, 3.05) is 0 Å². The van der Waals surface area contributed by atoms with Crippen LogP contribution in [0.3, 0.4) is 0 Å². The van der Waals surface area contributed by atoms with E-state index >= 15 is 0 Å². The van der Waals surface area contributed by atoms with E-state index in [-0.39, 0.29) is 30.3 Å². The highest BCUT2D eigenvalue weighted by Crippen LogP contribution is 2.15. The lowest BCUT2D eigenvalue weighted by Crippen LogP contribution is -2.38. The van der Waals surface area contributed by atoms with Gasteiger partial charge in [-0.1, -0.05) is 28.9 Å². The Kier molecular flexibility index (Phi) is 7.52. The third-order valence-corrected chi connectivity index (χ3v) is 3.45. The first-order valence-corrected chi connectivity index (χ1v) is 6.49. The first kappa shape index (κ1) is 17.4. The van der Waals surface area contributed by atoms with Gasteiger partial charge >= 0.3 is 0 Å². The number of halogens is 2. The number of nitrogens with two attached hydrogens (primary N) is 1. The predicted molar refractivity (Wildman–Crippen MR) is 80.8 cm³/mol. The summed E-state index contributed by atoms with van der Waals surface area (Å²) >= 11 is 3.41. The van der Waals surface area contributed by atoms with Crippen molar-refractivity contribution in [1.82, 2.24) is 5.32 Å². The standard InChI is InChI=1S/C13H19BrN2O.ClH/c1-8-6-12(14)5-4-11(8)7-16-13(17)9(2)10(3)15;/h4-6,9-10H,7,15H2,1-3H3,(H,16,17);1H. The van der Waals surface area contributed by atoms with Crippen LogP contribution in [0.2, 0.25) is 0 Å². The highest BCUT2D eigenvalue weighted by atomic mass is 79.9. The molecule has 0 heterocycles. The van der Waals surface area contributed by atoms with Crippen molar-refractivity contribution in [2.24, 2.45) is 11.7 Å². The molecular weight excluding hydrogens is 316 g/mol. The zero-order valence-corrected chi connectivity index (χ0v) is 13.3. The second-order valence-corrected chi connectivity index (χ2v) is 5.35. The number of nitrogens with one attached hydrogen (secondary N) is 1. The topological polar surface area (TPSA) is 55.1 Å². The van der Waals surface area contributed by atoms with Crippen LogP contribution in [0.15, 0.2) is 22.7 Å². The molecule has 102 valence electrons. The second kappa shape index (κ2) is 7.77. The maximum absolute atomic E-state index is 11.7. The first-order valence-electron chi connectivity index (χ1n) is 5.70. The van der Waals surface area contributed by atoms with E-state index in [1.54, 1.807) is 0 Å². The number of amides is 1. The number of carbonyl (C=O) groups excluding carboxylic acids is 1. The van der Waals surface area contributed by atoms with E-state index < -0.39 is 0 Å². The summed E-state index contributed by atoms with van der Waals surface area (Å²) in [6.07, 6.45) is 0. The lowest BCUT2D eigenvalue weighted by atomic mass is 10.0. The Morgan fingerprint density at radius 3 is 2.56 bits per heavy atom. The van der Waals surface area contributed by atoms with E-state index in [1.807, 2.05) is 39.0 Å². The molecule has 2 atom stereocenters. The average Bonchev–Trinajstić information content (AvgIpc) is 2.26. The van der Waals surface area contributed by atoms with Gasteiger partial charge in [-0.25, -0.2) is 0 Å². The van der Waals surface area contributed by atoms with Gasteiger partial charge in [0, 0.05) is 23.0 Å². The summed E-state index contributed by atoms with van der Waals surface area (Å²) in [7, 11) is 0. The molecule has 3 N–H and O–H groups in total. The van der Waals surface area contributed by atoms with Crippen LogP contribution in [0.1, 0.15) is 25.0 Å². The predicted octanol–water partition coefficient (Wildman–Crippen LogP) is 2.78. The largest absolute Gasteiger partial charge is 0.352 e. The van der Waals surface area contributed by atoms with Crippen LogP contribution in [0.4, 0.5) is 0 Å². The summed E-state index contributed by atoms with van der Waals surface area (Å²) in [6.45, 7) is 6.26. The van der Waals surface area contributed by atoms with Gasteiger partial charge in [0.15, 0.2) is 0 Å². The van der Waals surface area contributed by atoms with Gasteiger partial charge in [-0.05, 0) is 37.1 Å². The van der Waals surface area contributed by atoms with E-state index in [9.17, 15) is 4.79 Å². The minimum atomic E-state index is -0.161. The van der Waals surface area contributed by atoms with Crippen molar-refractivity contribution in [3.8, 4) is 0 Å². The monoisotopic (exact) mass is 334 g/mol. The molecule has 0 saturated carbocycles. The molecule has 1 aromatic rings. The molecule has 1 aromatic carbocycles. The van der Waals surface area contributed by atoms with Crippen molar-refractivity contribution in [3.63, 3.8) is 0 Å². The third-order valence-electron chi connectivity index (χ3n) is 2.96. The van der Waals surface area contributed by atoms with Crippen LogP contribution in [0.25, 0.3) is 0 Å². The summed E-state index contributed by atoms with van der Waals surface area (Å²) in [5, 5.41) is 2.91. The number of hydrogen-bond acceptors (Lipinski definition) is 2. The molecule has 0 saturated heterocycles. The zero-order valence-electron chi connectivity index (χ0n) is 10.9. The highest BCUT2D eigenvalue weighted by molar-refractivity contribution is 9.10. The van der Waals surface area contributed by atoms with Crippen LogP contribution in [0.5, 0.6) is 0 Å². The molecule has 1 rings (SSSR count). The fourth-order valence-electron chi connectivity index (χ4n) is 1.44. The molecule has 1 amide bonds. The minimum absolute atomic E-state index is 0. The lowest BCUT2D eigenvalue weighted by molar-refractivity contribution is -0.125. The Bertz CT molecular complexity index is 410. The minimum Gasteiger partial charge on any atom is -0.352 e. The Balaban J connectivity index is 0.00000289. The maximum atomic E-state index is 11.7. The van der Waals surface area contributed by atoms with Gasteiger partial charge in [0.25, 0.3) is 0 Å². The second-order valence-electron chi connectivity index (χ2n) is 4.44. The van der Waals surface area contributed by atoms with Crippen molar-refractivity contribution >= 4 is 34.2 Å². The molecule has 0 aliphatic heterocycles. The van der Waals surface area contributed by atoms with E-state index in [1.165, 1.54) is 0 Å². The Morgan fingerprint density at radius 1 is 1.44 bits per heavy atom. The first-order chi connectivity index (χ1) is 7.91. The van der Waals surface area contributed by atoms with Crippen molar-refractivity contribution in [1.29, 1.82) is 0 Å². The van der Waals surface area contributed by atoms with Crippen molar-refractivity contribution in [3.05, 3.63) is 33.8 Å². The number of hydrogen-bond donors (Lipinski definition) is 2. The lowest BCUT2D eigenvalue weighted by Gasteiger charge is -2.16. The van der Waals surface area contributed by atoms with E-state index in [0.29, 0.717) is 6.54 Å². The maximum Gasteiger partial charge on any atom is 0.224 e. The molecule has 0 aromatic heterocycles. The zero-order chi connectivity index (χ0) is 13.0. The number of carbonyl (C=O) groups is 1. The third kappa shape index (κ3) is 4.96. The normalized spacial score (nSPS) is 13.4. The van der Waals surface area contributed by atoms with Crippen LogP contribution >= 0.6 is 28.3 Å². The van der Waals surface area contributed by atoms with Gasteiger partial charge in [-0.3, -0.25) is 4.79 Å². The average molecular weight is 336 g/mol. The summed E-state index contributed by atoms with van der Waals surface area (Å²) in [4.78, 5) is 11.7. The summed E-state index contributed by atoms with van der Waals surface area (Å²) in [6, 6.07) is 5.90. The van der Waals surface area contributed by atoms with Crippen LogP contribution in [-0.2, 0) is 11.3 Å². The van der Waals surface area contributed by atoms with Gasteiger partial charge < -0.3 is 11.1 Å². The molecule has 0 spiro atoms. The number of aryl methyl sites for hydroxylation is 1. The molecular formula is C13H20BrClN2O. The fourth-order valence-corrected chi connectivity index (χ4v) is 1.92. The van der Waals surface area contributed by atoms with Gasteiger partial charge in [0.2, 0.25) is 5.91 Å². The van der Waals surface area contributed by atoms with Gasteiger partial charge in [-0.15, -0.1) is 12.4 Å². The smallest absolute Gasteiger partial charge is 0.224 e. The molecule has 0 radical (unpaired) electrons. The molecule has 2 unspecified atom stereocenters. The highest BCUT2D eigenvalue weighted by Gasteiger charge is 2.16. The molecule has 0 aliphatic rings. The molecule has 0 bridgehead atoms. The van der Waals surface area contributed by atoms with E-state index in [0.717, 1.165) is 15.6 Å². The van der Waals surface area contributed by atoms with Gasteiger partial charge in [0.05, 0.1) is 0 Å². The van der Waals surface area contributed by atoms with Crippen LogP contribution < -0.4 is 11.1 Å². The van der Waals surface area contributed by atoms with Gasteiger partial charge in [-0.2, -0.15) is 0 Å². The van der Waals surface area contributed by atoms with Crippen LogP contribution in [0, 0.1) is 12.8 Å². The Hall–Kier alpha value is -0.580.